The highest BCUT2D eigenvalue weighted by Gasteiger charge is 2.05. The van der Waals surface area contributed by atoms with Crippen molar-refractivity contribution in [3.8, 4) is 0 Å². The van der Waals surface area contributed by atoms with Crippen molar-refractivity contribution in [3.05, 3.63) is 30.3 Å². The molecule has 0 radical (unpaired) electrons. The normalized spacial score (nSPS) is 12.4. The summed E-state index contributed by atoms with van der Waals surface area (Å²) >= 11 is 3.71. The average Bonchev–Trinajstić information content (AvgIpc) is 2.44. The summed E-state index contributed by atoms with van der Waals surface area (Å²) in [7, 11) is 1.81. The first-order valence-electron chi connectivity index (χ1n) is 6.41. The lowest BCUT2D eigenvalue weighted by Gasteiger charge is -2.15. The SMILES string of the molecule is CN=C(NCCSC)NCC(C)Sc1ccccc1.I. The van der Waals surface area contributed by atoms with Crippen LogP contribution in [0.2, 0.25) is 0 Å². The van der Waals surface area contributed by atoms with Gasteiger partial charge in [0.15, 0.2) is 5.96 Å². The van der Waals surface area contributed by atoms with Crippen LogP contribution in [0.3, 0.4) is 0 Å². The van der Waals surface area contributed by atoms with Gasteiger partial charge < -0.3 is 10.6 Å². The maximum absolute atomic E-state index is 4.21. The zero-order valence-electron chi connectivity index (χ0n) is 12.3. The molecule has 6 heteroatoms. The predicted octanol–water partition coefficient (Wildman–Crippen LogP) is 3.31. The van der Waals surface area contributed by atoms with E-state index >= 15 is 0 Å². The Kier molecular flexibility index (Phi) is 12.6. The first-order chi connectivity index (χ1) is 9.26. The highest BCUT2D eigenvalue weighted by molar-refractivity contribution is 14.0. The third kappa shape index (κ3) is 8.97. The van der Waals surface area contributed by atoms with Crippen LogP contribution in [0, 0.1) is 0 Å². The number of hydrogen-bond donors (Lipinski definition) is 2. The van der Waals surface area contributed by atoms with E-state index in [0.717, 1.165) is 24.8 Å². The fourth-order valence-corrected chi connectivity index (χ4v) is 2.76. The van der Waals surface area contributed by atoms with Crippen molar-refractivity contribution < 1.29 is 0 Å². The molecular formula is C14H24IN3S2. The van der Waals surface area contributed by atoms with Crippen molar-refractivity contribution in [1.29, 1.82) is 0 Å². The van der Waals surface area contributed by atoms with Gasteiger partial charge in [0.1, 0.15) is 0 Å². The number of rotatable bonds is 7. The monoisotopic (exact) mass is 425 g/mol. The van der Waals surface area contributed by atoms with E-state index in [-0.39, 0.29) is 24.0 Å². The van der Waals surface area contributed by atoms with Crippen LogP contribution >= 0.6 is 47.5 Å². The zero-order valence-corrected chi connectivity index (χ0v) is 16.2. The van der Waals surface area contributed by atoms with Crippen molar-refractivity contribution in [3.63, 3.8) is 0 Å². The van der Waals surface area contributed by atoms with E-state index in [9.17, 15) is 0 Å². The Labute approximate surface area is 148 Å². The molecule has 1 rings (SSSR count). The van der Waals surface area contributed by atoms with Crippen molar-refractivity contribution in [2.45, 2.75) is 17.1 Å². The Morgan fingerprint density at radius 1 is 1.25 bits per heavy atom. The van der Waals surface area contributed by atoms with Gasteiger partial charge in [-0.15, -0.1) is 35.7 Å². The number of nitrogens with zero attached hydrogens (tertiary/aromatic N) is 1. The average molecular weight is 425 g/mol. The van der Waals surface area contributed by atoms with Gasteiger partial charge in [0.05, 0.1) is 0 Å². The van der Waals surface area contributed by atoms with Crippen molar-refractivity contribution in [1.82, 2.24) is 10.6 Å². The third-order valence-electron chi connectivity index (χ3n) is 2.46. The molecule has 1 aromatic carbocycles. The number of guanidine groups is 1. The number of aliphatic imine (C=N–C) groups is 1. The molecule has 114 valence electrons. The second kappa shape index (κ2) is 12.6. The molecule has 0 heterocycles. The number of halogens is 1. The largest absolute Gasteiger partial charge is 0.356 e. The van der Waals surface area contributed by atoms with Crippen LogP contribution in [-0.4, -0.2) is 43.4 Å². The standard InChI is InChI=1S/C14H23N3S2.HI/c1-12(19-13-7-5-4-6-8-13)11-17-14(15-2)16-9-10-18-3;/h4-8,12H,9-11H2,1-3H3,(H2,15,16,17);1H. The molecule has 1 aromatic rings. The van der Waals surface area contributed by atoms with E-state index in [2.05, 4.69) is 53.1 Å². The van der Waals surface area contributed by atoms with Crippen LogP contribution in [0.25, 0.3) is 0 Å². The van der Waals surface area contributed by atoms with E-state index in [1.165, 1.54) is 4.90 Å². The van der Waals surface area contributed by atoms with Gasteiger partial charge in [-0.1, -0.05) is 25.1 Å². The molecule has 3 nitrogen and oxygen atoms in total. The molecule has 0 aliphatic carbocycles. The lowest BCUT2D eigenvalue weighted by Crippen LogP contribution is -2.40. The highest BCUT2D eigenvalue weighted by atomic mass is 127. The van der Waals surface area contributed by atoms with Gasteiger partial charge in [-0.3, -0.25) is 4.99 Å². The van der Waals surface area contributed by atoms with E-state index < -0.39 is 0 Å². The number of benzene rings is 1. The minimum absolute atomic E-state index is 0. The molecule has 0 aromatic heterocycles. The molecule has 0 amide bonds. The molecular weight excluding hydrogens is 401 g/mol. The molecule has 0 saturated carbocycles. The van der Waals surface area contributed by atoms with Gasteiger partial charge in [0.2, 0.25) is 0 Å². The maximum Gasteiger partial charge on any atom is 0.191 e. The van der Waals surface area contributed by atoms with E-state index in [1.807, 2.05) is 36.6 Å². The molecule has 1 unspecified atom stereocenters. The summed E-state index contributed by atoms with van der Waals surface area (Å²) < 4.78 is 0. The molecule has 0 bridgehead atoms. The topological polar surface area (TPSA) is 36.4 Å². The lowest BCUT2D eigenvalue weighted by molar-refractivity contribution is 0.806. The lowest BCUT2D eigenvalue weighted by atomic mass is 10.4. The van der Waals surface area contributed by atoms with Gasteiger partial charge in [-0.2, -0.15) is 11.8 Å². The molecule has 0 fully saturated rings. The summed E-state index contributed by atoms with van der Waals surface area (Å²) in [5.74, 6) is 1.98. The Hall–Kier alpha value is -0.0800. The second-order valence-corrected chi connectivity index (χ2v) is 6.61. The Morgan fingerprint density at radius 2 is 1.95 bits per heavy atom. The van der Waals surface area contributed by atoms with Crippen LogP contribution in [-0.2, 0) is 0 Å². The summed E-state index contributed by atoms with van der Waals surface area (Å²) in [5.41, 5.74) is 0. The third-order valence-corrected chi connectivity index (χ3v) is 4.19. The minimum Gasteiger partial charge on any atom is -0.356 e. The molecule has 2 N–H and O–H groups in total. The van der Waals surface area contributed by atoms with Crippen LogP contribution in [0.5, 0.6) is 0 Å². The number of nitrogens with one attached hydrogen (secondary N) is 2. The molecule has 0 aliphatic rings. The van der Waals surface area contributed by atoms with Gasteiger partial charge in [-0.05, 0) is 18.4 Å². The van der Waals surface area contributed by atoms with E-state index in [0.29, 0.717) is 5.25 Å². The minimum atomic E-state index is 0. The fraction of sp³-hybridized carbons (Fsp3) is 0.500. The summed E-state index contributed by atoms with van der Waals surface area (Å²) in [5, 5.41) is 7.16. The second-order valence-electron chi connectivity index (χ2n) is 4.11. The summed E-state index contributed by atoms with van der Waals surface area (Å²) in [6.07, 6.45) is 2.11. The molecule has 20 heavy (non-hydrogen) atoms. The smallest absolute Gasteiger partial charge is 0.191 e. The van der Waals surface area contributed by atoms with E-state index in [4.69, 9.17) is 0 Å². The summed E-state index contributed by atoms with van der Waals surface area (Å²) in [6.45, 7) is 4.07. The Bertz CT molecular complexity index is 374. The summed E-state index contributed by atoms with van der Waals surface area (Å²) in [4.78, 5) is 5.52. The molecule has 1 atom stereocenters. The van der Waals surface area contributed by atoms with Gasteiger partial charge >= 0.3 is 0 Å². The van der Waals surface area contributed by atoms with Gasteiger partial charge in [0, 0.05) is 36.0 Å². The first-order valence-corrected chi connectivity index (χ1v) is 8.68. The van der Waals surface area contributed by atoms with Crippen LogP contribution in [0.1, 0.15) is 6.92 Å². The molecule has 0 aliphatic heterocycles. The quantitative estimate of drug-likeness (QED) is 0.231. The van der Waals surface area contributed by atoms with Crippen molar-refractivity contribution in [2.24, 2.45) is 4.99 Å². The van der Waals surface area contributed by atoms with Gasteiger partial charge in [-0.25, -0.2) is 0 Å². The zero-order chi connectivity index (χ0) is 13.9. The first kappa shape index (κ1) is 19.9. The fourth-order valence-electron chi connectivity index (χ4n) is 1.51. The summed E-state index contributed by atoms with van der Waals surface area (Å²) in [6, 6.07) is 10.5. The highest BCUT2D eigenvalue weighted by Crippen LogP contribution is 2.21. The van der Waals surface area contributed by atoms with Crippen LogP contribution in [0.15, 0.2) is 40.2 Å². The van der Waals surface area contributed by atoms with E-state index in [1.54, 1.807) is 0 Å². The number of thioether (sulfide) groups is 2. The van der Waals surface area contributed by atoms with Gasteiger partial charge in [0.25, 0.3) is 0 Å². The van der Waals surface area contributed by atoms with Crippen molar-refractivity contribution >= 4 is 53.5 Å². The predicted molar refractivity (Wildman–Crippen MR) is 105 cm³/mol. The van der Waals surface area contributed by atoms with Crippen LogP contribution in [0.4, 0.5) is 0 Å². The van der Waals surface area contributed by atoms with Crippen molar-refractivity contribution in [2.75, 3.05) is 32.1 Å². The Balaban J connectivity index is 0.00000361. The van der Waals surface area contributed by atoms with Crippen LogP contribution < -0.4 is 10.6 Å². The molecule has 0 spiro atoms. The molecule has 0 saturated heterocycles. The Morgan fingerprint density at radius 3 is 2.55 bits per heavy atom. The maximum atomic E-state index is 4.21. The number of hydrogen-bond acceptors (Lipinski definition) is 3.